The lowest BCUT2D eigenvalue weighted by Gasteiger charge is -2.36. The van der Waals surface area contributed by atoms with Crippen LogP contribution in [0.3, 0.4) is 0 Å². The van der Waals surface area contributed by atoms with Crippen LogP contribution in [0.4, 0.5) is 5.69 Å². The molecule has 0 saturated carbocycles. The molecule has 2 heterocycles. The highest BCUT2D eigenvalue weighted by Gasteiger charge is 2.20. The highest BCUT2D eigenvalue weighted by molar-refractivity contribution is 5.85. The van der Waals surface area contributed by atoms with Gasteiger partial charge in [0.2, 0.25) is 6.79 Å². The first kappa shape index (κ1) is 22.4. The van der Waals surface area contributed by atoms with Crippen molar-refractivity contribution in [1.29, 1.82) is 0 Å². The molecular formula is C20H26Cl2N2O4. The lowest BCUT2D eigenvalue weighted by molar-refractivity contribution is 0.0662. The van der Waals surface area contributed by atoms with Crippen molar-refractivity contribution in [2.75, 3.05) is 51.0 Å². The predicted molar refractivity (Wildman–Crippen MR) is 114 cm³/mol. The second kappa shape index (κ2) is 10.6. The number of aliphatic hydroxyl groups excluding tert-OH is 1. The zero-order chi connectivity index (χ0) is 17.8. The monoisotopic (exact) mass is 428 g/mol. The number of benzene rings is 2. The molecule has 1 atom stereocenters. The topological polar surface area (TPSA) is 54.4 Å². The van der Waals surface area contributed by atoms with E-state index in [-0.39, 0.29) is 38.2 Å². The standard InChI is InChI=1S/C20H24N2O4.2ClH/c23-17(14-24-18-6-7-19-20(12-18)26-15-25-19)13-21-8-10-22(11-9-21)16-4-2-1-3-5-16;;/h1-7,12,17,23H,8-11,13-15H2;2*1H. The number of halogens is 2. The largest absolute Gasteiger partial charge is 0.491 e. The van der Waals surface area contributed by atoms with Gasteiger partial charge in [0.05, 0.1) is 0 Å². The third-order valence-corrected chi connectivity index (χ3v) is 4.75. The lowest BCUT2D eigenvalue weighted by Crippen LogP contribution is -2.49. The van der Waals surface area contributed by atoms with Crippen LogP contribution in [0.2, 0.25) is 0 Å². The van der Waals surface area contributed by atoms with Gasteiger partial charge in [-0.25, -0.2) is 0 Å². The summed E-state index contributed by atoms with van der Waals surface area (Å²) >= 11 is 0. The zero-order valence-corrected chi connectivity index (χ0v) is 17.2. The maximum absolute atomic E-state index is 10.3. The number of hydrogen-bond acceptors (Lipinski definition) is 6. The molecule has 2 aliphatic heterocycles. The Morgan fingerprint density at radius 3 is 2.39 bits per heavy atom. The van der Waals surface area contributed by atoms with Crippen molar-refractivity contribution in [2.24, 2.45) is 0 Å². The highest BCUT2D eigenvalue weighted by atomic mass is 35.5. The number of nitrogens with zero attached hydrogens (tertiary/aromatic N) is 2. The zero-order valence-electron chi connectivity index (χ0n) is 15.5. The molecule has 2 aliphatic rings. The summed E-state index contributed by atoms with van der Waals surface area (Å²) in [5.41, 5.74) is 1.26. The molecule has 6 nitrogen and oxygen atoms in total. The summed E-state index contributed by atoms with van der Waals surface area (Å²) < 4.78 is 16.3. The molecule has 28 heavy (non-hydrogen) atoms. The summed E-state index contributed by atoms with van der Waals surface area (Å²) in [6.45, 7) is 4.95. The minimum absolute atomic E-state index is 0. The van der Waals surface area contributed by atoms with Crippen LogP contribution < -0.4 is 19.1 Å². The third kappa shape index (κ3) is 5.58. The molecule has 2 aromatic rings. The Labute approximate surface area is 177 Å². The molecule has 0 amide bonds. The number of anilines is 1. The van der Waals surface area contributed by atoms with Crippen molar-refractivity contribution in [3.8, 4) is 17.2 Å². The van der Waals surface area contributed by atoms with Crippen molar-refractivity contribution in [3.63, 3.8) is 0 Å². The molecule has 0 aliphatic carbocycles. The van der Waals surface area contributed by atoms with Crippen molar-refractivity contribution < 1.29 is 19.3 Å². The smallest absolute Gasteiger partial charge is 0.231 e. The Hall–Kier alpha value is -1.86. The Bertz CT molecular complexity index is 727. The molecule has 0 spiro atoms. The van der Waals surface area contributed by atoms with Gasteiger partial charge in [-0.2, -0.15) is 0 Å². The Balaban J connectivity index is 0.00000140. The molecule has 0 radical (unpaired) electrons. The van der Waals surface area contributed by atoms with Crippen molar-refractivity contribution in [2.45, 2.75) is 6.10 Å². The second-order valence-electron chi connectivity index (χ2n) is 6.60. The number of ether oxygens (including phenoxy) is 3. The molecule has 1 N–H and O–H groups in total. The van der Waals surface area contributed by atoms with E-state index >= 15 is 0 Å². The normalized spacial score (nSPS) is 16.7. The van der Waals surface area contributed by atoms with Crippen LogP contribution in [0.15, 0.2) is 48.5 Å². The minimum atomic E-state index is -0.524. The van der Waals surface area contributed by atoms with E-state index in [2.05, 4.69) is 34.1 Å². The van der Waals surface area contributed by atoms with Gasteiger partial charge >= 0.3 is 0 Å². The van der Waals surface area contributed by atoms with Gasteiger partial charge < -0.3 is 24.2 Å². The van der Waals surface area contributed by atoms with E-state index in [4.69, 9.17) is 14.2 Å². The fourth-order valence-electron chi connectivity index (χ4n) is 3.34. The molecule has 2 aromatic carbocycles. The van der Waals surface area contributed by atoms with E-state index in [9.17, 15) is 5.11 Å². The van der Waals surface area contributed by atoms with E-state index in [0.29, 0.717) is 18.0 Å². The average molecular weight is 429 g/mol. The summed E-state index contributed by atoms with van der Waals surface area (Å²) in [5.74, 6) is 2.10. The maximum atomic E-state index is 10.3. The SMILES string of the molecule is Cl.Cl.OC(COc1ccc2c(c1)OCO2)CN1CCN(c2ccccc2)CC1. The number of rotatable bonds is 6. The first-order valence-electron chi connectivity index (χ1n) is 9.01. The van der Waals surface area contributed by atoms with Gasteiger partial charge in [0, 0.05) is 44.5 Å². The van der Waals surface area contributed by atoms with Gasteiger partial charge in [-0.3, -0.25) is 4.90 Å². The van der Waals surface area contributed by atoms with E-state index in [0.717, 1.165) is 31.9 Å². The highest BCUT2D eigenvalue weighted by Crippen LogP contribution is 2.35. The van der Waals surface area contributed by atoms with Crippen molar-refractivity contribution in [1.82, 2.24) is 4.90 Å². The van der Waals surface area contributed by atoms with Gasteiger partial charge in [-0.15, -0.1) is 24.8 Å². The van der Waals surface area contributed by atoms with Crippen LogP contribution >= 0.6 is 24.8 Å². The summed E-state index contributed by atoms with van der Waals surface area (Å²) in [5, 5.41) is 10.3. The Morgan fingerprint density at radius 2 is 1.64 bits per heavy atom. The summed E-state index contributed by atoms with van der Waals surface area (Å²) in [6, 6.07) is 15.9. The Kier molecular flexibility index (Phi) is 8.51. The van der Waals surface area contributed by atoms with E-state index in [1.165, 1.54) is 5.69 Å². The molecule has 0 bridgehead atoms. The molecule has 1 saturated heterocycles. The number of β-amino-alcohol motifs (C(OH)–C–C–N with tert-alkyl or cyclic N) is 1. The van der Waals surface area contributed by atoms with Crippen LogP contribution in [0, 0.1) is 0 Å². The fraction of sp³-hybridized carbons (Fsp3) is 0.400. The lowest BCUT2D eigenvalue weighted by atomic mass is 10.2. The van der Waals surface area contributed by atoms with E-state index < -0.39 is 6.10 Å². The molecule has 154 valence electrons. The maximum Gasteiger partial charge on any atom is 0.231 e. The Morgan fingerprint density at radius 1 is 0.929 bits per heavy atom. The predicted octanol–water partition coefficient (Wildman–Crippen LogP) is 2.82. The van der Waals surface area contributed by atoms with Crippen LogP contribution in [-0.2, 0) is 0 Å². The molecule has 0 aromatic heterocycles. The number of fused-ring (bicyclic) bond motifs is 1. The molecule has 4 rings (SSSR count). The summed E-state index contributed by atoms with van der Waals surface area (Å²) in [7, 11) is 0. The minimum Gasteiger partial charge on any atom is -0.491 e. The van der Waals surface area contributed by atoms with Crippen LogP contribution in [-0.4, -0.2) is 62.2 Å². The van der Waals surface area contributed by atoms with Crippen molar-refractivity contribution >= 4 is 30.5 Å². The molecule has 1 fully saturated rings. The third-order valence-electron chi connectivity index (χ3n) is 4.75. The summed E-state index contributed by atoms with van der Waals surface area (Å²) in [6.07, 6.45) is -0.524. The second-order valence-corrected chi connectivity index (χ2v) is 6.60. The number of para-hydroxylation sites is 1. The first-order valence-corrected chi connectivity index (χ1v) is 9.01. The van der Waals surface area contributed by atoms with Crippen LogP contribution in [0.25, 0.3) is 0 Å². The van der Waals surface area contributed by atoms with Gasteiger partial charge in [0.15, 0.2) is 11.5 Å². The fourth-order valence-corrected chi connectivity index (χ4v) is 3.34. The quantitative estimate of drug-likeness (QED) is 0.763. The molecule has 8 heteroatoms. The van der Waals surface area contributed by atoms with Gasteiger partial charge in [0.1, 0.15) is 18.5 Å². The summed E-state index contributed by atoms with van der Waals surface area (Å²) in [4.78, 5) is 4.67. The first-order chi connectivity index (χ1) is 12.8. The van der Waals surface area contributed by atoms with Gasteiger partial charge in [-0.1, -0.05) is 18.2 Å². The number of piperazine rings is 1. The average Bonchev–Trinajstić information content (AvgIpc) is 3.15. The van der Waals surface area contributed by atoms with Crippen molar-refractivity contribution in [3.05, 3.63) is 48.5 Å². The number of aliphatic hydroxyl groups is 1. The number of hydrogen-bond donors (Lipinski definition) is 1. The van der Waals surface area contributed by atoms with Crippen LogP contribution in [0.1, 0.15) is 0 Å². The van der Waals surface area contributed by atoms with Gasteiger partial charge in [0.25, 0.3) is 0 Å². The van der Waals surface area contributed by atoms with Crippen LogP contribution in [0.5, 0.6) is 17.2 Å². The molecular weight excluding hydrogens is 403 g/mol. The van der Waals surface area contributed by atoms with E-state index in [1.54, 1.807) is 6.07 Å². The van der Waals surface area contributed by atoms with Gasteiger partial charge in [-0.05, 0) is 24.3 Å². The molecule has 1 unspecified atom stereocenters. The van der Waals surface area contributed by atoms with E-state index in [1.807, 2.05) is 18.2 Å².